The molecule has 0 aromatic carbocycles. The Morgan fingerprint density at radius 1 is 1.35 bits per heavy atom. The fourth-order valence-electron chi connectivity index (χ4n) is 1.17. The number of anilines is 1. The fraction of sp³-hybridized carbons (Fsp3) is 0.444. The normalized spacial score (nSPS) is 12.3. The minimum absolute atomic E-state index is 0.256. The Morgan fingerprint density at radius 2 is 1.95 bits per heavy atom. The van der Waals surface area contributed by atoms with Crippen LogP contribution in [-0.2, 0) is 6.18 Å². The number of aliphatic hydroxyl groups excluding tert-OH is 1. The van der Waals surface area contributed by atoms with E-state index < -0.39 is 47.2 Å². The average Bonchev–Trinajstić information content (AvgIpc) is 2.35. The second-order valence-electron chi connectivity index (χ2n) is 3.71. The lowest BCUT2D eigenvalue weighted by atomic mass is 10.2. The quantitative estimate of drug-likeness (QED) is 0.493. The Labute approximate surface area is 108 Å². The van der Waals surface area contributed by atoms with Crippen LogP contribution < -0.4 is 5.32 Å². The van der Waals surface area contributed by atoms with Crippen molar-refractivity contribution in [1.29, 1.82) is 0 Å². The van der Waals surface area contributed by atoms with Crippen molar-refractivity contribution in [1.82, 2.24) is 4.98 Å². The summed E-state index contributed by atoms with van der Waals surface area (Å²) in [6, 6.07) is 0.256. The minimum atomic E-state index is -4.87. The van der Waals surface area contributed by atoms with Crippen LogP contribution in [0.5, 0.6) is 0 Å². The van der Waals surface area contributed by atoms with Crippen LogP contribution in [0.1, 0.15) is 5.69 Å². The van der Waals surface area contributed by atoms with Gasteiger partial charge in [-0.1, -0.05) is 0 Å². The van der Waals surface area contributed by atoms with Gasteiger partial charge < -0.3 is 10.4 Å². The third-order valence-corrected chi connectivity index (χ3v) is 2.14. The summed E-state index contributed by atoms with van der Waals surface area (Å²) in [6.07, 6.45) is -4.55. The van der Waals surface area contributed by atoms with Gasteiger partial charge in [0, 0.05) is 0 Å². The number of aromatic nitrogens is 1. The van der Waals surface area contributed by atoms with Crippen molar-refractivity contribution < 1.29 is 32.0 Å². The molecule has 0 aliphatic rings. The molecule has 1 rings (SSSR count). The van der Waals surface area contributed by atoms with Crippen LogP contribution in [0, 0.1) is 10.1 Å². The van der Waals surface area contributed by atoms with Gasteiger partial charge in [0.1, 0.15) is 24.2 Å². The van der Waals surface area contributed by atoms with Crippen LogP contribution in [0.25, 0.3) is 0 Å². The van der Waals surface area contributed by atoms with Crippen molar-refractivity contribution in [3.8, 4) is 0 Å². The Balaban J connectivity index is 3.10. The zero-order chi connectivity index (χ0) is 15.6. The molecule has 0 saturated carbocycles. The molecule has 11 heteroatoms. The molecule has 0 fully saturated rings. The summed E-state index contributed by atoms with van der Waals surface area (Å²) >= 11 is 0. The second-order valence-corrected chi connectivity index (χ2v) is 3.71. The molecule has 112 valence electrons. The largest absolute Gasteiger partial charge is 0.433 e. The van der Waals surface area contributed by atoms with Gasteiger partial charge in [0.2, 0.25) is 0 Å². The Kier molecular flexibility index (Phi) is 4.43. The molecule has 0 saturated heterocycles. The van der Waals surface area contributed by atoms with Crippen LogP contribution in [0.4, 0.5) is 33.3 Å². The highest BCUT2D eigenvalue weighted by Crippen LogP contribution is 2.33. The highest BCUT2D eigenvalue weighted by molar-refractivity contribution is 5.61. The number of aliphatic hydroxyl groups is 1. The minimum Gasteiger partial charge on any atom is -0.390 e. The van der Waals surface area contributed by atoms with Crippen molar-refractivity contribution in [2.75, 3.05) is 18.5 Å². The lowest BCUT2D eigenvalue weighted by Crippen LogP contribution is -2.31. The maximum absolute atomic E-state index is 12.8. The zero-order valence-corrected chi connectivity index (χ0v) is 9.62. The molecule has 0 aliphatic carbocycles. The zero-order valence-electron chi connectivity index (χ0n) is 9.62. The van der Waals surface area contributed by atoms with Crippen LogP contribution in [0.15, 0.2) is 12.3 Å². The van der Waals surface area contributed by atoms with E-state index in [-0.39, 0.29) is 6.07 Å². The summed E-state index contributed by atoms with van der Waals surface area (Å²) in [4.78, 5) is 12.4. The fourth-order valence-corrected chi connectivity index (χ4v) is 1.17. The van der Waals surface area contributed by atoms with Crippen molar-refractivity contribution in [3.05, 3.63) is 28.1 Å². The molecular formula is C9H8F5N3O3. The number of nitro groups is 1. The van der Waals surface area contributed by atoms with Gasteiger partial charge >= 0.3 is 11.9 Å². The summed E-state index contributed by atoms with van der Waals surface area (Å²) in [5.74, 6) is -3.63. The van der Waals surface area contributed by atoms with E-state index in [1.54, 1.807) is 5.32 Å². The van der Waals surface area contributed by atoms with Gasteiger partial charge in [-0.2, -0.15) is 13.2 Å². The average molecular weight is 301 g/mol. The summed E-state index contributed by atoms with van der Waals surface area (Å²) in [5.41, 5.74) is -3.10. The molecular weight excluding hydrogens is 293 g/mol. The molecule has 0 amide bonds. The summed E-state index contributed by atoms with van der Waals surface area (Å²) in [5, 5.41) is 20.7. The summed E-state index contributed by atoms with van der Waals surface area (Å²) in [7, 11) is 0. The first-order valence-corrected chi connectivity index (χ1v) is 5.01. The third-order valence-electron chi connectivity index (χ3n) is 2.14. The van der Waals surface area contributed by atoms with E-state index in [1.165, 1.54) is 0 Å². The van der Waals surface area contributed by atoms with Crippen LogP contribution in [0.2, 0.25) is 0 Å². The first kappa shape index (κ1) is 16.0. The standard InChI is InChI=1S/C9H8F5N3O3/c10-8(11,4-18)3-16-5-1-7(9(12,13)14)15-2-6(5)17(19)20/h1-2,18H,3-4H2,(H,15,16). The van der Waals surface area contributed by atoms with Gasteiger partial charge in [0.05, 0.1) is 11.5 Å². The van der Waals surface area contributed by atoms with Crippen LogP contribution >= 0.6 is 0 Å². The number of hydrogen-bond donors (Lipinski definition) is 2. The molecule has 1 aromatic rings. The van der Waals surface area contributed by atoms with Crippen LogP contribution in [0.3, 0.4) is 0 Å². The van der Waals surface area contributed by atoms with Crippen molar-refractivity contribution in [3.63, 3.8) is 0 Å². The maximum Gasteiger partial charge on any atom is 0.433 e. The predicted molar refractivity (Wildman–Crippen MR) is 56.4 cm³/mol. The Hall–Kier alpha value is -2.04. The highest BCUT2D eigenvalue weighted by Gasteiger charge is 2.35. The summed E-state index contributed by atoms with van der Waals surface area (Å²) in [6.45, 7) is -2.81. The van der Waals surface area contributed by atoms with Crippen LogP contribution in [-0.4, -0.2) is 34.1 Å². The van der Waals surface area contributed by atoms with Crippen molar-refractivity contribution in [2.45, 2.75) is 12.1 Å². The number of alkyl halides is 5. The second kappa shape index (κ2) is 5.53. The number of halogens is 5. The van der Waals surface area contributed by atoms with E-state index in [0.29, 0.717) is 6.20 Å². The SMILES string of the molecule is O=[N+]([O-])c1cnc(C(F)(F)F)cc1NCC(F)(F)CO. The van der Waals surface area contributed by atoms with E-state index in [1.807, 2.05) is 0 Å². The molecule has 2 N–H and O–H groups in total. The number of pyridine rings is 1. The molecule has 20 heavy (non-hydrogen) atoms. The molecule has 1 aromatic heterocycles. The monoisotopic (exact) mass is 301 g/mol. The lowest BCUT2D eigenvalue weighted by Gasteiger charge is -2.15. The third kappa shape index (κ3) is 3.98. The number of nitrogens with zero attached hydrogens (tertiary/aromatic N) is 2. The van der Waals surface area contributed by atoms with Crippen molar-refractivity contribution >= 4 is 11.4 Å². The Morgan fingerprint density at radius 3 is 2.40 bits per heavy atom. The molecule has 6 nitrogen and oxygen atoms in total. The van der Waals surface area contributed by atoms with Gasteiger partial charge in [-0.25, -0.2) is 13.8 Å². The maximum atomic E-state index is 12.8. The highest BCUT2D eigenvalue weighted by atomic mass is 19.4. The number of hydrogen-bond acceptors (Lipinski definition) is 5. The van der Waals surface area contributed by atoms with E-state index >= 15 is 0 Å². The smallest absolute Gasteiger partial charge is 0.390 e. The number of rotatable bonds is 5. The molecule has 0 unspecified atom stereocenters. The molecule has 0 radical (unpaired) electrons. The summed E-state index contributed by atoms with van der Waals surface area (Å²) < 4.78 is 62.7. The number of nitrogens with one attached hydrogen (secondary N) is 1. The molecule has 0 spiro atoms. The lowest BCUT2D eigenvalue weighted by molar-refractivity contribution is -0.384. The van der Waals surface area contributed by atoms with E-state index in [9.17, 15) is 32.1 Å². The molecule has 1 heterocycles. The first-order valence-electron chi connectivity index (χ1n) is 5.01. The molecule has 0 bridgehead atoms. The molecule has 0 atom stereocenters. The van der Waals surface area contributed by atoms with Gasteiger partial charge in [-0.05, 0) is 6.07 Å². The van der Waals surface area contributed by atoms with Gasteiger partial charge in [-0.3, -0.25) is 10.1 Å². The predicted octanol–water partition coefficient (Wildman–Crippen LogP) is 2.05. The van der Waals surface area contributed by atoms with Gasteiger partial charge in [0.15, 0.2) is 0 Å². The molecule has 0 aliphatic heterocycles. The topological polar surface area (TPSA) is 88.3 Å². The first-order chi connectivity index (χ1) is 9.07. The van der Waals surface area contributed by atoms with Crippen molar-refractivity contribution in [2.24, 2.45) is 0 Å². The van der Waals surface area contributed by atoms with E-state index in [2.05, 4.69) is 4.98 Å². The van der Waals surface area contributed by atoms with Gasteiger partial charge in [-0.15, -0.1) is 0 Å². The Bertz CT molecular complexity index is 506. The van der Waals surface area contributed by atoms with E-state index in [0.717, 1.165) is 0 Å². The van der Waals surface area contributed by atoms with E-state index in [4.69, 9.17) is 5.11 Å². The van der Waals surface area contributed by atoms with Gasteiger partial charge in [0.25, 0.3) is 5.92 Å².